The lowest BCUT2D eigenvalue weighted by Gasteiger charge is -2.23. The van der Waals surface area contributed by atoms with E-state index in [1.807, 2.05) is 30.3 Å². The molecule has 8 heteroatoms. The molecule has 7 nitrogen and oxygen atoms in total. The maximum atomic E-state index is 12.6. The molecule has 2 N–H and O–H groups in total. The van der Waals surface area contributed by atoms with Crippen LogP contribution in [-0.4, -0.2) is 34.7 Å². The monoisotopic (exact) mass is 425 g/mol. The third-order valence-electron chi connectivity index (χ3n) is 4.05. The molecule has 0 spiro atoms. The van der Waals surface area contributed by atoms with Crippen molar-refractivity contribution in [2.24, 2.45) is 5.84 Å². The summed E-state index contributed by atoms with van der Waals surface area (Å²) >= 11 is 1.50. The molecule has 3 aromatic rings. The van der Waals surface area contributed by atoms with Crippen molar-refractivity contribution in [2.75, 3.05) is 7.11 Å². The number of methoxy groups -OCH3 is 1. The summed E-state index contributed by atoms with van der Waals surface area (Å²) in [6, 6.07) is 14.5. The summed E-state index contributed by atoms with van der Waals surface area (Å²) in [6.07, 6.45) is 0.876. The second-order valence-corrected chi connectivity index (χ2v) is 8.53. The van der Waals surface area contributed by atoms with E-state index in [1.165, 1.54) is 11.3 Å². The molecule has 0 aliphatic rings. The van der Waals surface area contributed by atoms with E-state index in [4.69, 9.17) is 15.3 Å². The number of imide groups is 1. The van der Waals surface area contributed by atoms with Crippen molar-refractivity contribution >= 4 is 23.3 Å². The highest BCUT2D eigenvalue weighted by molar-refractivity contribution is 7.18. The Kier molecular flexibility index (Phi) is 6.19. The zero-order valence-electron chi connectivity index (χ0n) is 17.2. The Hall–Kier alpha value is -3.23. The summed E-state index contributed by atoms with van der Waals surface area (Å²) in [7, 11) is 1.62. The Morgan fingerprint density at radius 3 is 2.40 bits per heavy atom. The van der Waals surface area contributed by atoms with Gasteiger partial charge in [-0.2, -0.15) is 5.01 Å². The van der Waals surface area contributed by atoms with Crippen LogP contribution in [0.2, 0.25) is 0 Å². The van der Waals surface area contributed by atoms with E-state index in [0.29, 0.717) is 5.01 Å². The second kappa shape index (κ2) is 8.64. The number of hydrogen-bond acceptors (Lipinski definition) is 7. The maximum absolute atomic E-state index is 12.6. The van der Waals surface area contributed by atoms with E-state index in [0.717, 1.165) is 26.8 Å². The average Bonchev–Trinajstić information content (AvgIpc) is 3.22. The third kappa shape index (κ3) is 5.03. The molecule has 2 amide bonds. The Morgan fingerprint density at radius 1 is 1.07 bits per heavy atom. The number of carbonyl (C=O) groups is 2. The molecule has 0 saturated heterocycles. The van der Waals surface area contributed by atoms with Crippen LogP contribution in [0.5, 0.6) is 5.75 Å². The van der Waals surface area contributed by atoms with Gasteiger partial charge in [0.2, 0.25) is 0 Å². The maximum Gasteiger partial charge on any atom is 0.432 e. The predicted octanol–water partition coefficient (Wildman–Crippen LogP) is 4.74. The van der Waals surface area contributed by atoms with Crippen LogP contribution in [0.25, 0.3) is 21.0 Å². The van der Waals surface area contributed by atoms with E-state index in [1.54, 1.807) is 52.3 Å². The first-order valence-corrected chi connectivity index (χ1v) is 10.0. The molecule has 0 bridgehead atoms. The summed E-state index contributed by atoms with van der Waals surface area (Å²) < 4.78 is 10.3. The number of rotatable bonds is 4. The molecule has 3 rings (SSSR count). The molecule has 1 aromatic heterocycles. The van der Waals surface area contributed by atoms with E-state index in [-0.39, 0.29) is 5.56 Å². The van der Waals surface area contributed by atoms with Gasteiger partial charge in [0.1, 0.15) is 16.4 Å². The van der Waals surface area contributed by atoms with Crippen molar-refractivity contribution in [2.45, 2.75) is 26.4 Å². The van der Waals surface area contributed by atoms with E-state index >= 15 is 0 Å². The molecule has 0 unspecified atom stereocenters. The number of nitrogens with two attached hydrogens (primary N) is 1. The predicted molar refractivity (Wildman–Crippen MR) is 116 cm³/mol. The van der Waals surface area contributed by atoms with Crippen LogP contribution in [0.3, 0.4) is 0 Å². The number of carbonyl (C=O) groups excluding carboxylic acids is 2. The fourth-order valence-electron chi connectivity index (χ4n) is 2.61. The third-order valence-corrected chi connectivity index (χ3v) is 5.14. The average molecular weight is 426 g/mol. The van der Waals surface area contributed by atoms with Gasteiger partial charge in [0.15, 0.2) is 0 Å². The minimum Gasteiger partial charge on any atom is -0.497 e. The normalized spacial score (nSPS) is 11.1. The lowest BCUT2D eigenvalue weighted by molar-refractivity contribution is 0.0239. The van der Waals surface area contributed by atoms with Crippen LogP contribution < -0.4 is 10.6 Å². The topological polar surface area (TPSA) is 94.8 Å². The minimum absolute atomic E-state index is 0.266. The van der Waals surface area contributed by atoms with Gasteiger partial charge in [-0.3, -0.25) is 4.79 Å². The first kappa shape index (κ1) is 21.5. The van der Waals surface area contributed by atoms with Crippen LogP contribution in [0.1, 0.15) is 31.1 Å². The first-order chi connectivity index (χ1) is 14.2. The van der Waals surface area contributed by atoms with Gasteiger partial charge in [0, 0.05) is 17.3 Å². The van der Waals surface area contributed by atoms with E-state index in [9.17, 15) is 9.59 Å². The van der Waals surface area contributed by atoms with Crippen LogP contribution >= 0.6 is 11.3 Å². The number of thiazole rings is 1. The Morgan fingerprint density at radius 2 is 1.77 bits per heavy atom. The fourth-order valence-corrected chi connectivity index (χ4v) is 3.53. The summed E-state index contributed by atoms with van der Waals surface area (Å²) in [6.45, 7) is 5.10. The van der Waals surface area contributed by atoms with Crippen molar-refractivity contribution < 1.29 is 19.1 Å². The molecule has 30 heavy (non-hydrogen) atoms. The molecule has 0 fully saturated rings. The lowest BCUT2D eigenvalue weighted by Crippen LogP contribution is -2.45. The molecular formula is C22H23N3O4S. The summed E-state index contributed by atoms with van der Waals surface area (Å²) in [4.78, 5) is 30.1. The van der Waals surface area contributed by atoms with Crippen molar-refractivity contribution in [1.29, 1.82) is 0 Å². The molecule has 0 atom stereocenters. The number of amides is 2. The van der Waals surface area contributed by atoms with Gasteiger partial charge in [-0.25, -0.2) is 15.6 Å². The van der Waals surface area contributed by atoms with Gasteiger partial charge in [0.25, 0.3) is 5.91 Å². The molecule has 1 heterocycles. The summed E-state index contributed by atoms with van der Waals surface area (Å²) in [5, 5.41) is 1.23. The number of ether oxygens (including phenoxy) is 2. The van der Waals surface area contributed by atoms with Gasteiger partial charge in [-0.1, -0.05) is 12.1 Å². The molecule has 0 aliphatic carbocycles. The highest BCUT2D eigenvalue weighted by atomic mass is 32.1. The largest absolute Gasteiger partial charge is 0.497 e. The number of aromatic nitrogens is 1. The van der Waals surface area contributed by atoms with Crippen molar-refractivity contribution in [3.8, 4) is 26.8 Å². The van der Waals surface area contributed by atoms with Crippen LogP contribution in [-0.2, 0) is 4.74 Å². The Bertz CT molecular complexity index is 1050. The summed E-state index contributed by atoms with van der Waals surface area (Å²) in [5.74, 6) is 5.81. The molecular weight excluding hydrogens is 402 g/mol. The fraction of sp³-hybridized carbons (Fsp3) is 0.227. The summed E-state index contributed by atoms with van der Waals surface area (Å²) in [5.41, 5.74) is 1.28. The van der Waals surface area contributed by atoms with Gasteiger partial charge < -0.3 is 9.47 Å². The minimum atomic E-state index is -0.908. The van der Waals surface area contributed by atoms with Gasteiger partial charge in [-0.15, -0.1) is 11.3 Å². The van der Waals surface area contributed by atoms with Crippen molar-refractivity contribution in [3.63, 3.8) is 0 Å². The Labute approximate surface area is 179 Å². The lowest BCUT2D eigenvalue weighted by atomic mass is 10.1. The number of nitrogens with zero attached hydrogens (tertiary/aromatic N) is 2. The van der Waals surface area contributed by atoms with E-state index < -0.39 is 17.6 Å². The number of hydrogen-bond donors (Lipinski definition) is 1. The van der Waals surface area contributed by atoms with Crippen LogP contribution in [0.4, 0.5) is 4.79 Å². The first-order valence-electron chi connectivity index (χ1n) is 9.21. The molecule has 0 aliphatic heterocycles. The Balaban J connectivity index is 1.81. The van der Waals surface area contributed by atoms with E-state index in [2.05, 4.69) is 4.98 Å². The zero-order valence-corrected chi connectivity index (χ0v) is 18.0. The zero-order chi connectivity index (χ0) is 21.9. The SMILES string of the molecule is COc1ccc(-c2cnc(-c3cccc(C(=O)N(N)C(=O)OC(C)(C)C)c3)s2)cc1. The second-order valence-electron chi connectivity index (χ2n) is 7.49. The van der Waals surface area contributed by atoms with Gasteiger partial charge >= 0.3 is 6.09 Å². The van der Waals surface area contributed by atoms with Crippen LogP contribution in [0.15, 0.2) is 54.7 Å². The molecule has 0 saturated carbocycles. The highest BCUT2D eigenvalue weighted by Gasteiger charge is 2.26. The van der Waals surface area contributed by atoms with Crippen LogP contribution in [0, 0.1) is 0 Å². The smallest absolute Gasteiger partial charge is 0.432 e. The quantitative estimate of drug-likeness (QED) is 0.369. The van der Waals surface area contributed by atoms with Crippen molar-refractivity contribution in [3.05, 3.63) is 60.3 Å². The van der Waals surface area contributed by atoms with Crippen molar-refractivity contribution in [1.82, 2.24) is 9.99 Å². The molecule has 156 valence electrons. The molecule has 0 radical (unpaired) electrons. The number of benzene rings is 2. The number of hydrazine groups is 1. The standard InChI is InChI=1S/C22H23N3O4S/c1-22(2,3)29-21(27)25(23)20(26)16-7-5-6-15(12-16)19-24-13-18(30-19)14-8-10-17(28-4)11-9-14/h5-13H,23H2,1-4H3. The van der Waals surface area contributed by atoms with Gasteiger partial charge in [-0.05, 0) is 62.7 Å². The highest BCUT2D eigenvalue weighted by Crippen LogP contribution is 2.33. The van der Waals surface area contributed by atoms with Gasteiger partial charge in [0.05, 0.1) is 12.0 Å². The molecule has 2 aromatic carbocycles.